The average molecular weight is 278 g/mol. The van der Waals surface area contributed by atoms with Gasteiger partial charge in [-0.15, -0.1) is 0 Å². The highest BCUT2D eigenvalue weighted by Gasteiger charge is 2.26. The van der Waals surface area contributed by atoms with Crippen LogP contribution in [-0.2, 0) is 11.2 Å². The summed E-state index contributed by atoms with van der Waals surface area (Å²) < 4.78 is 0. The summed E-state index contributed by atoms with van der Waals surface area (Å²) in [6, 6.07) is 8.73. The fraction of sp³-hybridized carbons (Fsp3) is 0.533. The summed E-state index contributed by atoms with van der Waals surface area (Å²) in [6.07, 6.45) is 5.46. The molecule has 1 amide bonds. The molecular weight excluding hydrogens is 256 g/mol. The first kappa shape index (κ1) is 14.4. The van der Waals surface area contributed by atoms with Crippen LogP contribution in [0.25, 0.3) is 0 Å². The monoisotopic (exact) mass is 278 g/mol. The number of aryl methyl sites for hydroxylation is 1. The smallest absolute Gasteiger partial charge is 0.237 e. The first-order valence-electron chi connectivity index (χ1n) is 6.96. The van der Waals surface area contributed by atoms with Crippen molar-refractivity contribution in [2.75, 3.05) is 6.54 Å². The van der Waals surface area contributed by atoms with Crippen LogP contribution < -0.4 is 10.6 Å². The zero-order valence-corrected chi connectivity index (χ0v) is 12.1. The van der Waals surface area contributed by atoms with Crippen molar-refractivity contribution in [2.45, 2.75) is 44.2 Å². The predicted molar refractivity (Wildman–Crippen MR) is 81.7 cm³/mol. The molecular formula is C15H22N2OS. The molecule has 0 radical (unpaired) electrons. The minimum absolute atomic E-state index is 0. The Morgan fingerprint density at radius 2 is 2.05 bits per heavy atom. The van der Waals surface area contributed by atoms with E-state index in [0.29, 0.717) is 0 Å². The third kappa shape index (κ3) is 3.12. The van der Waals surface area contributed by atoms with E-state index in [1.807, 2.05) is 0 Å². The first-order chi connectivity index (χ1) is 8.84. The Kier molecular flexibility index (Phi) is 4.88. The molecule has 4 heteroatoms. The van der Waals surface area contributed by atoms with E-state index in [0.717, 1.165) is 32.2 Å². The maximum absolute atomic E-state index is 12.1. The fourth-order valence-corrected chi connectivity index (χ4v) is 3.08. The molecule has 104 valence electrons. The summed E-state index contributed by atoms with van der Waals surface area (Å²) >= 11 is 0. The van der Waals surface area contributed by atoms with Crippen LogP contribution in [0.2, 0.25) is 0 Å². The van der Waals surface area contributed by atoms with Gasteiger partial charge in [-0.1, -0.05) is 24.3 Å². The molecule has 1 aromatic carbocycles. The van der Waals surface area contributed by atoms with Crippen LogP contribution in [0, 0.1) is 0 Å². The van der Waals surface area contributed by atoms with Gasteiger partial charge in [-0.25, -0.2) is 0 Å². The van der Waals surface area contributed by atoms with Crippen molar-refractivity contribution in [3.63, 3.8) is 0 Å². The van der Waals surface area contributed by atoms with E-state index in [1.54, 1.807) is 0 Å². The number of nitrogens with one attached hydrogen (secondary N) is 2. The quantitative estimate of drug-likeness (QED) is 0.869. The van der Waals surface area contributed by atoms with Gasteiger partial charge in [0.1, 0.15) is 0 Å². The third-order valence-corrected chi connectivity index (χ3v) is 4.06. The van der Waals surface area contributed by atoms with Gasteiger partial charge in [-0.3, -0.25) is 4.79 Å². The van der Waals surface area contributed by atoms with Crippen LogP contribution >= 0.6 is 13.5 Å². The third-order valence-electron chi connectivity index (χ3n) is 4.06. The second-order valence-corrected chi connectivity index (χ2v) is 5.30. The minimum atomic E-state index is 0. The molecule has 3 nitrogen and oxygen atoms in total. The summed E-state index contributed by atoms with van der Waals surface area (Å²) in [7, 11) is 0. The molecule has 1 fully saturated rings. The van der Waals surface area contributed by atoms with Gasteiger partial charge in [0, 0.05) is 0 Å². The van der Waals surface area contributed by atoms with Crippen LogP contribution in [0.3, 0.4) is 0 Å². The van der Waals surface area contributed by atoms with Crippen LogP contribution in [-0.4, -0.2) is 18.5 Å². The number of amides is 1. The molecule has 19 heavy (non-hydrogen) atoms. The largest absolute Gasteiger partial charge is 0.348 e. The van der Waals surface area contributed by atoms with Crippen molar-refractivity contribution < 1.29 is 4.79 Å². The fourth-order valence-electron chi connectivity index (χ4n) is 3.08. The lowest BCUT2D eigenvalue weighted by atomic mass is 9.87. The van der Waals surface area contributed by atoms with E-state index in [4.69, 9.17) is 0 Å². The molecule has 0 bridgehead atoms. The van der Waals surface area contributed by atoms with Crippen LogP contribution in [0.1, 0.15) is 42.9 Å². The van der Waals surface area contributed by atoms with Gasteiger partial charge < -0.3 is 10.6 Å². The van der Waals surface area contributed by atoms with E-state index in [-0.39, 0.29) is 31.5 Å². The highest BCUT2D eigenvalue weighted by molar-refractivity contribution is 7.59. The number of benzene rings is 1. The highest BCUT2D eigenvalue weighted by atomic mass is 32.1. The zero-order chi connectivity index (χ0) is 12.4. The number of carbonyl (C=O) groups is 1. The SMILES string of the molecule is O=C(N[C@@H]1CCCc2ccccc21)[C@@H]1CCCN1.S. The normalized spacial score (nSPS) is 25.3. The lowest BCUT2D eigenvalue weighted by Crippen LogP contribution is -2.42. The Morgan fingerprint density at radius 1 is 1.21 bits per heavy atom. The van der Waals surface area contributed by atoms with Crippen LogP contribution in [0.5, 0.6) is 0 Å². The second kappa shape index (κ2) is 6.44. The predicted octanol–water partition coefficient (Wildman–Crippen LogP) is 2.04. The van der Waals surface area contributed by atoms with Gasteiger partial charge in [0.15, 0.2) is 0 Å². The zero-order valence-electron chi connectivity index (χ0n) is 11.1. The van der Waals surface area contributed by atoms with E-state index in [1.165, 1.54) is 17.5 Å². The molecule has 2 N–H and O–H groups in total. The maximum atomic E-state index is 12.1. The number of hydrogen-bond donors (Lipinski definition) is 2. The first-order valence-corrected chi connectivity index (χ1v) is 6.96. The second-order valence-electron chi connectivity index (χ2n) is 5.30. The Morgan fingerprint density at radius 3 is 2.84 bits per heavy atom. The van der Waals surface area contributed by atoms with E-state index in [9.17, 15) is 4.79 Å². The van der Waals surface area contributed by atoms with Crippen LogP contribution in [0.4, 0.5) is 0 Å². The lowest BCUT2D eigenvalue weighted by molar-refractivity contribution is -0.123. The number of hydrogen-bond acceptors (Lipinski definition) is 2. The van der Waals surface area contributed by atoms with E-state index >= 15 is 0 Å². The Hall–Kier alpha value is -1.00. The summed E-state index contributed by atoms with van der Waals surface area (Å²) in [4.78, 5) is 12.1. The van der Waals surface area contributed by atoms with Crippen molar-refractivity contribution in [3.05, 3.63) is 35.4 Å². The molecule has 1 aliphatic heterocycles. The van der Waals surface area contributed by atoms with Crippen molar-refractivity contribution in [3.8, 4) is 0 Å². The Balaban J connectivity index is 0.00000133. The molecule has 0 unspecified atom stereocenters. The molecule has 1 aromatic rings. The summed E-state index contributed by atoms with van der Waals surface area (Å²) in [5.74, 6) is 0.175. The molecule has 0 spiro atoms. The van der Waals surface area contributed by atoms with E-state index < -0.39 is 0 Å². The Labute approximate surface area is 121 Å². The lowest BCUT2D eigenvalue weighted by Gasteiger charge is -2.27. The summed E-state index contributed by atoms with van der Waals surface area (Å²) in [5.41, 5.74) is 2.71. The topological polar surface area (TPSA) is 41.1 Å². The standard InChI is InChI=1S/C15H20N2O.H2S/c18-15(14-9-4-10-16-14)17-13-8-3-6-11-5-1-2-7-12(11)13;/h1-2,5,7,13-14,16H,3-4,6,8-10H2,(H,17,18);1H2/t13-,14+;/m1./s1. The van der Waals surface area contributed by atoms with Gasteiger partial charge >= 0.3 is 0 Å². The molecule has 1 aliphatic carbocycles. The Bertz CT molecular complexity index is 444. The van der Waals surface area contributed by atoms with Crippen molar-refractivity contribution >= 4 is 19.4 Å². The molecule has 1 heterocycles. The van der Waals surface area contributed by atoms with Gasteiger partial charge in [-0.2, -0.15) is 13.5 Å². The molecule has 0 aromatic heterocycles. The molecule has 0 saturated carbocycles. The average Bonchev–Trinajstić information content (AvgIpc) is 2.93. The van der Waals surface area contributed by atoms with Gasteiger partial charge in [-0.05, 0) is 49.8 Å². The minimum Gasteiger partial charge on any atom is -0.348 e. The van der Waals surface area contributed by atoms with Crippen molar-refractivity contribution in [1.29, 1.82) is 0 Å². The molecule has 3 rings (SSSR count). The van der Waals surface area contributed by atoms with Gasteiger partial charge in [0.05, 0.1) is 12.1 Å². The highest BCUT2D eigenvalue weighted by Crippen LogP contribution is 2.29. The van der Waals surface area contributed by atoms with Crippen molar-refractivity contribution in [1.82, 2.24) is 10.6 Å². The van der Waals surface area contributed by atoms with E-state index in [2.05, 4.69) is 34.9 Å². The number of carbonyl (C=O) groups excluding carboxylic acids is 1. The molecule has 2 atom stereocenters. The maximum Gasteiger partial charge on any atom is 0.237 e. The van der Waals surface area contributed by atoms with Crippen LogP contribution in [0.15, 0.2) is 24.3 Å². The number of rotatable bonds is 2. The molecule has 2 aliphatic rings. The van der Waals surface area contributed by atoms with Gasteiger partial charge in [0.2, 0.25) is 5.91 Å². The molecule has 1 saturated heterocycles. The summed E-state index contributed by atoms with van der Waals surface area (Å²) in [5, 5.41) is 6.47. The van der Waals surface area contributed by atoms with Gasteiger partial charge in [0.25, 0.3) is 0 Å². The summed E-state index contributed by atoms with van der Waals surface area (Å²) in [6.45, 7) is 0.972. The number of fused-ring (bicyclic) bond motifs is 1. The van der Waals surface area contributed by atoms with Crippen molar-refractivity contribution in [2.24, 2.45) is 0 Å².